The molecule has 0 saturated heterocycles. The number of anilines is 1. The molecule has 0 aliphatic heterocycles. The lowest BCUT2D eigenvalue weighted by molar-refractivity contribution is -0.111. The Bertz CT molecular complexity index is 1110. The fourth-order valence-corrected chi connectivity index (χ4v) is 6.80. The van der Waals surface area contributed by atoms with Crippen molar-refractivity contribution in [3.05, 3.63) is 84.1 Å². The van der Waals surface area contributed by atoms with Crippen molar-refractivity contribution in [2.24, 2.45) is 17.8 Å². The third kappa shape index (κ3) is 3.58. The van der Waals surface area contributed by atoms with Crippen LogP contribution >= 0.6 is 0 Å². The lowest BCUT2D eigenvalue weighted by Gasteiger charge is -2.56. The molecular weight excluding hydrogens is 394 g/mol. The number of hydrogen-bond donors (Lipinski definition) is 1. The molecule has 162 valence electrons. The van der Waals surface area contributed by atoms with Crippen LogP contribution in [0, 0.1) is 17.8 Å². The van der Waals surface area contributed by atoms with Crippen molar-refractivity contribution in [1.29, 1.82) is 0 Å². The molecule has 4 aliphatic carbocycles. The van der Waals surface area contributed by atoms with Crippen molar-refractivity contribution < 1.29 is 4.79 Å². The highest BCUT2D eigenvalue weighted by atomic mass is 16.1. The summed E-state index contributed by atoms with van der Waals surface area (Å²) in [5.74, 6) is 3.10. The number of nitrogens with one attached hydrogen (secondary N) is 1. The molecule has 4 nitrogen and oxygen atoms in total. The van der Waals surface area contributed by atoms with Crippen molar-refractivity contribution in [3.63, 3.8) is 0 Å². The highest BCUT2D eigenvalue weighted by molar-refractivity contribution is 6.29. The quantitative estimate of drug-likeness (QED) is 0.405. The van der Waals surface area contributed by atoms with Gasteiger partial charge < -0.3 is 5.32 Å². The summed E-state index contributed by atoms with van der Waals surface area (Å²) in [6, 6.07) is 21.8. The molecule has 32 heavy (non-hydrogen) atoms. The molecule has 1 amide bonds. The molecule has 0 spiro atoms. The van der Waals surface area contributed by atoms with Gasteiger partial charge in [-0.25, -0.2) is 0 Å². The summed E-state index contributed by atoms with van der Waals surface area (Å²) >= 11 is 0. The Kier molecular flexibility index (Phi) is 4.74. The molecule has 1 heterocycles. The van der Waals surface area contributed by atoms with Gasteiger partial charge in [0.25, 0.3) is 5.91 Å². The van der Waals surface area contributed by atoms with E-state index < -0.39 is 0 Å². The van der Waals surface area contributed by atoms with Gasteiger partial charge >= 0.3 is 0 Å². The Balaban J connectivity index is 1.26. The average Bonchev–Trinajstić information content (AvgIpc) is 3.27. The van der Waals surface area contributed by atoms with Crippen LogP contribution in [0.3, 0.4) is 0 Å². The number of aromatic nitrogens is 2. The van der Waals surface area contributed by atoms with E-state index in [1.54, 1.807) is 0 Å². The summed E-state index contributed by atoms with van der Waals surface area (Å²) in [5.41, 5.74) is 2.70. The van der Waals surface area contributed by atoms with Gasteiger partial charge in [-0.3, -0.25) is 9.48 Å². The largest absolute Gasteiger partial charge is 0.305 e. The van der Waals surface area contributed by atoms with Gasteiger partial charge in [-0.2, -0.15) is 5.10 Å². The second-order valence-electron chi connectivity index (χ2n) is 10.1. The third-order valence-electron chi connectivity index (χ3n) is 7.76. The van der Waals surface area contributed by atoms with E-state index in [-0.39, 0.29) is 11.4 Å². The predicted octanol–water partition coefficient (Wildman–Crippen LogP) is 5.99. The second kappa shape index (κ2) is 7.77. The fraction of sp³-hybridized carbons (Fsp3) is 0.357. The van der Waals surface area contributed by atoms with E-state index in [1.165, 1.54) is 38.5 Å². The maximum absolute atomic E-state index is 13.3. The monoisotopic (exact) mass is 423 g/mol. The first-order valence-corrected chi connectivity index (χ1v) is 11.9. The second-order valence-corrected chi connectivity index (χ2v) is 10.1. The van der Waals surface area contributed by atoms with E-state index in [0.717, 1.165) is 28.9 Å². The Hall–Kier alpha value is -3.14. The normalized spacial score (nSPS) is 28.6. The minimum atomic E-state index is -0.129. The van der Waals surface area contributed by atoms with Crippen LogP contribution in [-0.2, 0) is 10.3 Å². The maximum Gasteiger partial charge on any atom is 0.257 e. The number of carbonyl (C=O) groups excluding carboxylic acids is 1. The number of hydrogen-bond acceptors (Lipinski definition) is 2. The Labute approximate surface area is 189 Å². The number of carbonyl (C=O) groups is 1. The minimum Gasteiger partial charge on any atom is -0.305 e. The van der Waals surface area contributed by atoms with Crippen LogP contribution in [-0.4, -0.2) is 15.7 Å². The summed E-state index contributed by atoms with van der Waals surface area (Å²) in [6.07, 6.45) is 12.0. The maximum atomic E-state index is 13.3. The van der Waals surface area contributed by atoms with Gasteiger partial charge in [0.05, 0.1) is 5.54 Å². The van der Waals surface area contributed by atoms with E-state index >= 15 is 0 Å². The lowest BCUT2D eigenvalue weighted by Crippen LogP contribution is -2.52. The van der Waals surface area contributed by atoms with Crippen molar-refractivity contribution in [2.45, 2.75) is 44.1 Å². The van der Waals surface area contributed by atoms with Crippen molar-refractivity contribution in [2.75, 3.05) is 5.32 Å². The molecule has 2 aromatic carbocycles. The average molecular weight is 424 g/mol. The number of rotatable bonds is 5. The van der Waals surface area contributed by atoms with Crippen LogP contribution in [0.5, 0.6) is 0 Å². The molecule has 1 aromatic heterocycles. The molecule has 4 aliphatic rings. The fourth-order valence-electron chi connectivity index (χ4n) is 6.80. The zero-order valence-electron chi connectivity index (χ0n) is 18.3. The number of amides is 1. The van der Waals surface area contributed by atoms with Gasteiger partial charge in [0.1, 0.15) is 0 Å². The summed E-state index contributed by atoms with van der Waals surface area (Å²) in [7, 11) is 0. The zero-order chi connectivity index (χ0) is 21.5. The van der Waals surface area contributed by atoms with Crippen molar-refractivity contribution in [1.82, 2.24) is 9.78 Å². The van der Waals surface area contributed by atoms with Crippen LogP contribution < -0.4 is 5.32 Å². The van der Waals surface area contributed by atoms with Gasteiger partial charge in [0.15, 0.2) is 5.82 Å². The molecule has 4 bridgehead atoms. The highest BCUT2D eigenvalue weighted by Crippen LogP contribution is 2.58. The first kappa shape index (κ1) is 19.5. The SMILES string of the molecule is O=C(Nc1ccn(C23CC4CC(CC(C4)C2)C3)n1)C(=Cc1ccccc1)c1ccccc1. The van der Waals surface area contributed by atoms with E-state index in [2.05, 4.69) is 16.2 Å². The molecule has 3 aromatic rings. The molecule has 0 radical (unpaired) electrons. The predicted molar refractivity (Wildman–Crippen MR) is 128 cm³/mol. The van der Waals surface area contributed by atoms with Crippen LogP contribution in [0.15, 0.2) is 72.9 Å². The lowest BCUT2D eigenvalue weighted by atomic mass is 9.53. The number of benzene rings is 2. The summed E-state index contributed by atoms with van der Waals surface area (Å²) < 4.78 is 2.19. The minimum absolute atomic E-state index is 0.129. The molecule has 4 saturated carbocycles. The summed E-state index contributed by atoms with van der Waals surface area (Å²) in [4.78, 5) is 13.3. The van der Waals surface area contributed by atoms with E-state index in [9.17, 15) is 4.79 Å². The van der Waals surface area contributed by atoms with Crippen LogP contribution in [0.4, 0.5) is 5.82 Å². The molecule has 1 N–H and O–H groups in total. The highest BCUT2D eigenvalue weighted by Gasteiger charge is 2.52. The number of nitrogens with zero attached hydrogens (tertiary/aromatic N) is 2. The van der Waals surface area contributed by atoms with Crippen molar-refractivity contribution in [3.8, 4) is 0 Å². The Morgan fingerprint density at radius 3 is 2.09 bits per heavy atom. The Morgan fingerprint density at radius 2 is 1.47 bits per heavy atom. The van der Waals surface area contributed by atoms with Gasteiger partial charge in [-0.15, -0.1) is 0 Å². The van der Waals surface area contributed by atoms with Crippen molar-refractivity contribution >= 4 is 23.4 Å². The van der Waals surface area contributed by atoms with E-state index in [4.69, 9.17) is 5.10 Å². The van der Waals surface area contributed by atoms with Gasteiger partial charge in [0.2, 0.25) is 0 Å². The molecule has 4 heteroatoms. The van der Waals surface area contributed by atoms with Crippen LogP contribution in [0.25, 0.3) is 11.6 Å². The topological polar surface area (TPSA) is 46.9 Å². The van der Waals surface area contributed by atoms with Crippen LogP contribution in [0.2, 0.25) is 0 Å². The summed E-state index contributed by atoms with van der Waals surface area (Å²) in [6.45, 7) is 0. The third-order valence-corrected chi connectivity index (χ3v) is 7.76. The van der Waals surface area contributed by atoms with Gasteiger partial charge in [-0.05, 0) is 73.5 Å². The first-order chi connectivity index (χ1) is 15.7. The molecule has 0 atom stereocenters. The summed E-state index contributed by atoms with van der Waals surface area (Å²) in [5, 5.41) is 7.95. The standard InChI is InChI=1S/C28H29N3O/c32-27(25(24-9-5-2-6-10-24)16-20-7-3-1-4-8-20)29-26-11-12-31(30-26)28-17-21-13-22(18-28)15-23(14-21)19-28/h1-12,16,21-23H,13-15,17-19H2,(H,29,30,32). The van der Waals surface area contributed by atoms with E-state index in [1.807, 2.05) is 72.8 Å². The molecule has 7 rings (SSSR count). The zero-order valence-corrected chi connectivity index (χ0v) is 18.3. The first-order valence-electron chi connectivity index (χ1n) is 11.9. The molecule has 0 unspecified atom stereocenters. The van der Waals surface area contributed by atoms with Gasteiger partial charge in [-0.1, -0.05) is 60.7 Å². The molecular formula is C28H29N3O. The Morgan fingerprint density at radius 1 is 0.875 bits per heavy atom. The molecule has 4 fully saturated rings. The smallest absolute Gasteiger partial charge is 0.257 e. The van der Waals surface area contributed by atoms with Crippen LogP contribution in [0.1, 0.15) is 49.7 Å². The van der Waals surface area contributed by atoms with Gasteiger partial charge in [0, 0.05) is 17.8 Å². The van der Waals surface area contributed by atoms with E-state index in [0.29, 0.717) is 11.4 Å².